The summed E-state index contributed by atoms with van der Waals surface area (Å²) < 4.78 is 5.16. The Bertz CT molecular complexity index is 559. The number of piperidine rings is 2. The summed E-state index contributed by atoms with van der Waals surface area (Å²) in [6, 6.07) is 8.51. The summed E-state index contributed by atoms with van der Waals surface area (Å²) in [5.74, 6) is 1.45. The third-order valence-electron chi connectivity index (χ3n) is 5.69. The van der Waals surface area contributed by atoms with Gasteiger partial charge in [0.15, 0.2) is 0 Å². The van der Waals surface area contributed by atoms with Crippen molar-refractivity contribution in [3.05, 3.63) is 29.8 Å². The molecule has 1 N–H and O–H groups in total. The van der Waals surface area contributed by atoms with Gasteiger partial charge in [0, 0.05) is 26.2 Å². The summed E-state index contributed by atoms with van der Waals surface area (Å²) in [6.45, 7) is 3.89. The van der Waals surface area contributed by atoms with Gasteiger partial charge in [-0.3, -0.25) is 0 Å². The van der Waals surface area contributed by atoms with Crippen molar-refractivity contribution in [1.29, 1.82) is 0 Å². The van der Waals surface area contributed by atoms with Gasteiger partial charge in [0.2, 0.25) is 0 Å². The van der Waals surface area contributed by atoms with Crippen molar-refractivity contribution in [2.45, 2.75) is 44.7 Å². The lowest BCUT2D eigenvalue weighted by Gasteiger charge is -2.45. The van der Waals surface area contributed by atoms with Gasteiger partial charge in [0.05, 0.1) is 7.11 Å². The lowest BCUT2D eigenvalue weighted by atomic mass is 9.83. The molecule has 2 fully saturated rings. The van der Waals surface area contributed by atoms with Crippen LogP contribution in [0.4, 0.5) is 4.79 Å². The minimum Gasteiger partial charge on any atom is -0.497 e. The first kappa shape index (κ1) is 18.1. The number of ether oxygens (including phenoxy) is 1. The van der Waals surface area contributed by atoms with Crippen LogP contribution >= 0.6 is 0 Å². The number of benzene rings is 1. The molecule has 2 saturated heterocycles. The van der Waals surface area contributed by atoms with Crippen molar-refractivity contribution >= 4 is 6.03 Å². The van der Waals surface area contributed by atoms with Crippen LogP contribution in [-0.2, 0) is 6.54 Å². The molecule has 0 spiro atoms. The fourth-order valence-corrected chi connectivity index (χ4v) is 4.28. The van der Waals surface area contributed by atoms with Crippen LogP contribution in [0.25, 0.3) is 0 Å². The molecule has 0 saturated carbocycles. The number of urea groups is 1. The molecule has 5 nitrogen and oxygen atoms in total. The van der Waals surface area contributed by atoms with Crippen LogP contribution in [0.5, 0.6) is 5.75 Å². The van der Waals surface area contributed by atoms with E-state index in [-0.39, 0.29) is 6.03 Å². The Hall–Kier alpha value is -1.75. The molecular formula is C20H31N3O2. The number of carbonyl (C=O) groups is 1. The van der Waals surface area contributed by atoms with Crippen LogP contribution in [-0.4, -0.2) is 55.7 Å². The highest BCUT2D eigenvalue weighted by Gasteiger charge is 2.33. The maximum absolute atomic E-state index is 12.4. The van der Waals surface area contributed by atoms with Crippen LogP contribution < -0.4 is 10.1 Å². The molecule has 0 bridgehead atoms. The van der Waals surface area contributed by atoms with Gasteiger partial charge in [0.1, 0.15) is 5.75 Å². The molecule has 0 aliphatic carbocycles. The molecule has 0 aromatic heterocycles. The first-order valence-corrected chi connectivity index (χ1v) is 9.53. The first-order chi connectivity index (χ1) is 12.2. The molecule has 1 aromatic carbocycles. The van der Waals surface area contributed by atoms with E-state index in [0.29, 0.717) is 18.5 Å². The molecule has 2 aliphatic heterocycles. The van der Waals surface area contributed by atoms with E-state index in [9.17, 15) is 4.79 Å². The van der Waals surface area contributed by atoms with Crippen molar-refractivity contribution in [2.75, 3.05) is 33.8 Å². The number of hydrogen-bond donors (Lipinski definition) is 1. The molecule has 5 heteroatoms. The predicted molar refractivity (Wildman–Crippen MR) is 99.8 cm³/mol. The Balaban J connectivity index is 1.48. The summed E-state index contributed by atoms with van der Waals surface area (Å²) in [5, 5.41) is 3.03. The number of amides is 2. The highest BCUT2D eigenvalue weighted by Crippen LogP contribution is 2.31. The minimum absolute atomic E-state index is 0.0174. The molecule has 2 amide bonds. The maximum atomic E-state index is 12.4. The summed E-state index contributed by atoms with van der Waals surface area (Å²) in [5.41, 5.74) is 1.08. The highest BCUT2D eigenvalue weighted by molar-refractivity contribution is 5.73. The zero-order chi connectivity index (χ0) is 17.6. The van der Waals surface area contributed by atoms with Crippen LogP contribution in [0.1, 0.15) is 37.7 Å². The molecular weight excluding hydrogens is 314 g/mol. The molecule has 25 heavy (non-hydrogen) atoms. The van der Waals surface area contributed by atoms with Gasteiger partial charge in [-0.05, 0) is 62.4 Å². The first-order valence-electron chi connectivity index (χ1n) is 9.53. The Morgan fingerprint density at radius 1 is 1.20 bits per heavy atom. The molecule has 0 radical (unpaired) electrons. The van der Waals surface area contributed by atoms with E-state index in [1.807, 2.05) is 36.2 Å². The molecule has 1 aromatic rings. The quantitative estimate of drug-likeness (QED) is 0.892. The van der Waals surface area contributed by atoms with Crippen LogP contribution in [0.3, 0.4) is 0 Å². The van der Waals surface area contributed by atoms with Gasteiger partial charge in [0.25, 0.3) is 0 Å². The minimum atomic E-state index is 0.0174. The van der Waals surface area contributed by atoms with Crippen LogP contribution in [0.15, 0.2) is 24.3 Å². The summed E-state index contributed by atoms with van der Waals surface area (Å²) in [4.78, 5) is 17.0. The number of methoxy groups -OCH3 is 1. The third kappa shape index (κ3) is 4.66. The van der Waals surface area contributed by atoms with Gasteiger partial charge in [-0.2, -0.15) is 0 Å². The van der Waals surface area contributed by atoms with Crippen molar-refractivity contribution in [2.24, 2.45) is 5.92 Å². The molecule has 2 atom stereocenters. The number of nitrogens with zero attached hydrogens (tertiary/aromatic N) is 2. The highest BCUT2D eigenvalue weighted by atomic mass is 16.5. The van der Waals surface area contributed by atoms with E-state index in [1.165, 1.54) is 45.2 Å². The van der Waals surface area contributed by atoms with E-state index >= 15 is 0 Å². The average molecular weight is 345 g/mol. The van der Waals surface area contributed by atoms with Crippen LogP contribution in [0, 0.1) is 5.92 Å². The van der Waals surface area contributed by atoms with E-state index in [1.54, 1.807) is 7.11 Å². The van der Waals surface area contributed by atoms with Crippen molar-refractivity contribution in [3.8, 4) is 5.75 Å². The summed E-state index contributed by atoms with van der Waals surface area (Å²) >= 11 is 0. The molecule has 2 aliphatic rings. The zero-order valence-electron chi connectivity index (χ0n) is 15.5. The molecule has 138 valence electrons. The standard InChI is InChI=1S/C20H31N3O2/c1-22(15-17-6-5-13-23-12-4-3-7-19(17)23)20(24)21-14-16-8-10-18(25-2)11-9-16/h8-11,17,19H,3-7,12-15H2,1-2H3,(H,21,24). The van der Waals surface area contributed by atoms with E-state index in [0.717, 1.165) is 17.9 Å². The Morgan fingerprint density at radius 2 is 1.96 bits per heavy atom. The van der Waals surface area contributed by atoms with Crippen molar-refractivity contribution < 1.29 is 9.53 Å². The topological polar surface area (TPSA) is 44.8 Å². The predicted octanol–water partition coefficient (Wildman–Crippen LogP) is 3.10. The van der Waals surface area contributed by atoms with Gasteiger partial charge in [-0.15, -0.1) is 0 Å². The maximum Gasteiger partial charge on any atom is 0.317 e. The monoisotopic (exact) mass is 345 g/mol. The Kier molecular flexibility index (Phi) is 6.19. The fourth-order valence-electron chi connectivity index (χ4n) is 4.28. The van der Waals surface area contributed by atoms with Crippen molar-refractivity contribution in [3.63, 3.8) is 0 Å². The number of fused-ring (bicyclic) bond motifs is 1. The second kappa shape index (κ2) is 8.56. The van der Waals surface area contributed by atoms with Gasteiger partial charge >= 0.3 is 6.03 Å². The van der Waals surface area contributed by atoms with E-state index < -0.39 is 0 Å². The van der Waals surface area contributed by atoms with Gasteiger partial charge < -0.3 is 19.9 Å². The third-order valence-corrected chi connectivity index (χ3v) is 5.69. The second-order valence-electron chi connectivity index (χ2n) is 7.39. The normalized spacial score (nSPS) is 23.6. The van der Waals surface area contributed by atoms with E-state index in [4.69, 9.17) is 4.74 Å². The average Bonchev–Trinajstić information content (AvgIpc) is 2.66. The van der Waals surface area contributed by atoms with Gasteiger partial charge in [-0.25, -0.2) is 4.79 Å². The summed E-state index contributed by atoms with van der Waals surface area (Å²) in [7, 11) is 3.58. The fraction of sp³-hybridized carbons (Fsp3) is 0.650. The largest absolute Gasteiger partial charge is 0.497 e. The number of hydrogen-bond acceptors (Lipinski definition) is 3. The Labute approximate surface area is 151 Å². The zero-order valence-corrected chi connectivity index (χ0v) is 15.5. The number of rotatable bonds is 5. The lowest BCUT2D eigenvalue weighted by Crippen LogP contribution is -2.52. The van der Waals surface area contributed by atoms with Crippen LogP contribution in [0.2, 0.25) is 0 Å². The van der Waals surface area contributed by atoms with Gasteiger partial charge in [-0.1, -0.05) is 18.6 Å². The summed E-state index contributed by atoms with van der Waals surface area (Å²) in [6.07, 6.45) is 6.48. The SMILES string of the molecule is COc1ccc(CNC(=O)N(C)CC2CCCN3CCCCC23)cc1. The van der Waals surface area contributed by atoms with Crippen molar-refractivity contribution in [1.82, 2.24) is 15.1 Å². The molecule has 2 heterocycles. The smallest absolute Gasteiger partial charge is 0.317 e. The Morgan fingerprint density at radius 3 is 2.72 bits per heavy atom. The lowest BCUT2D eigenvalue weighted by molar-refractivity contribution is 0.0487. The second-order valence-corrected chi connectivity index (χ2v) is 7.39. The molecule has 3 rings (SSSR count). The molecule has 2 unspecified atom stereocenters. The number of nitrogens with one attached hydrogen (secondary N) is 1. The van der Waals surface area contributed by atoms with E-state index in [2.05, 4.69) is 10.2 Å². The number of carbonyl (C=O) groups excluding carboxylic acids is 1.